The number of para-hydroxylation sites is 1. The van der Waals surface area contributed by atoms with Crippen LogP contribution in [0.1, 0.15) is 37.9 Å². The fraction of sp³-hybridized carbons (Fsp3) is 0.421. The molecule has 0 amide bonds. The lowest BCUT2D eigenvalue weighted by atomic mass is 10.0. The fourth-order valence-electron chi connectivity index (χ4n) is 3.35. The quantitative estimate of drug-likeness (QED) is 0.815. The van der Waals surface area contributed by atoms with Crippen LogP contribution in [0.4, 0.5) is 5.69 Å². The van der Waals surface area contributed by atoms with Crippen LogP contribution in [0, 0.1) is 5.92 Å². The lowest BCUT2D eigenvalue weighted by Crippen LogP contribution is -2.38. The Labute approximate surface area is 144 Å². The fourth-order valence-corrected chi connectivity index (χ4v) is 3.68. The van der Waals surface area contributed by atoms with Crippen molar-refractivity contribution in [2.75, 3.05) is 11.9 Å². The summed E-state index contributed by atoms with van der Waals surface area (Å²) in [4.78, 5) is 2.38. The van der Waals surface area contributed by atoms with Crippen LogP contribution in [0.5, 0.6) is 0 Å². The summed E-state index contributed by atoms with van der Waals surface area (Å²) in [5, 5.41) is 4.24. The van der Waals surface area contributed by atoms with Gasteiger partial charge in [-0.15, -0.1) is 0 Å². The molecule has 2 atom stereocenters. The molecule has 1 aromatic carbocycles. The molecule has 2 heterocycles. The number of aryl methyl sites for hydroxylation is 1. The Bertz CT molecular complexity index is 650. The second kappa shape index (κ2) is 7.18. The van der Waals surface area contributed by atoms with E-state index in [1.54, 1.807) is 0 Å². The SMILES string of the molecule is C[C@H]1CC[C@@H](c2cccn2C)N(C(=S)Nc2ccccc2)CC1. The van der Waals surface area contributed by atoms with E-state index >= 15 is 0 Å². The molecule has 1 N–H and O–H groups in total. The Kier molecular flexibility index (Phi) is 5.01. The van der Waals surface area contributed by atoms with E-state index in [0.717, 1.165) is 29.7 Å². The van der Waals surface area contributed by atoms with Crippen LogP contribution in [0.3, 0.4) is 0 Å². The minimum absolute atomic E-state index is 0.351. The highest BCUT2D eigenvalue weighted by molar-refractivity contribution is 7.80. The van der Waals surface area contributed by atoms with Crippen molar-refractivity contribution < 1.29 is 0 Å². The monoisotopic (exact) mass is 327 g/mol. The van der Waals surface area contributed by atoms with Crippen LogP contribution in [-0.4, -0.2) is 21.1 Å². The number of hydrogen-bond acceptors (Lipinski definition) is 1. The van der Waals surface area contributed by atoms with E-state index in [4.69, 9.17) is 12.2 Å². The third-order valence-electron chi connectivity index (χ3n) is 4.78. The van der Waals surface area contributed by atoms with Gasteiger partial charge in [0.25, 0.3) is 0 Å². The Morgan fingerprint density at radius 2 is 1.87 bits per heavy atom. The van der Waals surface area contributed by atoms with Crippen molar-refractivity contribution in [1.29, 1.82) is 0 Å². The Hall–Kier alpha value is -1.81. The van der Waals surface area contributed by atoms with E-state index in [0.29, 0.717) is 6.04 Å². The van der Waals surface area contributed by atoms with Crippen molar-refractivity contribution in [3.8, 4) is 0 Å². The Balaban J connectivity index is 1.83. The zero-order chi connectivity index (χ0) is 16.2. The molecule has 1 aliphatic rings. The second-order valence-electron chi connectivity index (χ2n) is 6.52. The number of nitrogens with zero attached hydrogens (tertiary/aromatic N) is 2. The molecule has 0 bridgehead atoms. The molecule has 3 rings (SSSR count). The number of anilines is 1. The standard InChI is InChI=1S/C19H25N3S/c1-15-10-11-18(17-9-6-13-21(17)2)22(14-12-15)19(23)20-16-7-4-3-5-8-16/h3-9,13,15,18H,10-12,14H2,1-2H3,(H,20,23)/t15-,18-/m0/s1. The van der Waals surface area contributed by atoms with Gasteiger partial charge >= 0.3 is 0 Å². The molecular weight excluding hydrogens is 302 g/mol. The number of aromatic nitrogens is 1. The largest absolute Gasteiger partial charge is 0.353 e. The third kappa shape index (κ3) is 3.75. The zero-order valence-corrected chi connectivity index (χ0v) is 14.7. The maximum Gasteiger partial charge on any atom is 0.173 e. The molecule has 1 fully saturated rings. The number of likely N-dealkylation sites (tertiary alicyclic amines) is 1. The van der Waals surface area contributed by atoms with E-state index in [1.165, 1.54) is 18.5 Å². The normalized spacial score (nSPS) is 21.7. The lowest BCUT2D eigenvalue weighted by Gasteiger charge is -2.33. The van der Waals surface area contributed by atoms with Crippen molar-refractivity contribution in [2.45, 2.75) is 32.2 Å². The molecule has 0 aliphatic carbocycles. The summed E-state index contributed by atoms with van der Waals surface area (Å²) < 4.78 is 2.22. The predicted molar refractivity (Wildman–Crippen MR) is 101 cm³/mol. The maximum atomic E-state index is 5.75. The maximum absolute atomic E-state index is 5.75. The summed E-state index contributed by atoms with van der Waals surface area (Å²) in [6, 6.07) is 14.9. The number of hydrogen-bond donors (Lipinski definition) is 1. The average Bonchev–Trinajstić information content (AvgIpc) is 2.87. The second-order valence-corrected chi connectivity index (χ2v) is 6.91. The molecule has 0 radical (unpaired) electrons. The third-order valence-corrected chi connectivity index (χ3v) is 5.12. The van der Waals surface area contributed by atoms with E-state index in [2.05, 4.69) is 59.2 Å². The number of benzene rings is 1. The Morgan fingerprint density at radius 1 is 1.09 bits per heavy atom. The van der Waals surface area contributed by atoms with Gasteiger partial charge in [0.2, 0.25) is 0 Å². The van der Waals surface area contributed by atoms with E-state index < -0.39 is 0 Å². The van der Waals surface area contributed by atoms with Crippen LogP contribution in [0.2, 0.25) is 0 Å². The number of thiocarbonyl (C=S) groups is 1. The van der Waals surface area contributed by atoms with Gasteiger partial charge in [-0.3, -0.25) is 0 Å². The highest BCUT2D eigenvalue weighted by Crippen LogP contribution is 2.32. The summed E-state index contributed by atoms with van der Waals surface area (Å²) in [5.41, 5.74) is 2.40. The summed E-state index contributed by atoms with van der Waals surface area (Å²) in [5.74, 6) is 0.752. The van der Waals surface area contributed by atoms with Crippen molar-refractivity contribution in [2.24, 2.45) is 13.0 Å². The molecule has 122 valence electrons. The topological polar surface area (TPSA) is 20.2 Å². The summed E-state index contributed by atoms with van der Waals surface area (Å²) in [7, 11) is 2.12. The molecule has 0 saturated carbocycles. The first kappa shape index (κ1) is 16.1. The molecular formula is C19H25N3S. The van der Waals surface area contributed by atoms with Crippen LogP contribution < -0.4 is 5.32 Å². The molecule has 4 heteroatoms. The van der Waals surface area contributed by atoms with Gasteiger partial charge in [-0.25, -0.2) is 0 Å². The minimum atomic E-state index is 0.351. The molecule has 2 aromatic rings. The van der Waals surface area contributed by atoms with Gasteiger partial charge in [-0.05, 0) is 61.7 Å². The molecule has 1 aromatic heterocycles. The molecule has 23 heavy (non-hydrogen) atoms. The highest BCUT2D eigenvalue weighted by Gasteiger charge is 2.28. The van der Waals surface area contributed by atoms with Gasteiger partial charge in [-0.1, -0.05) is 25.1 Å². The average molecular weight is 327 g/mol. The van der Waals surface area contributed by atoms with Crippen molar-refractivity contribution >= 4 is 23.0 Å². The van der Waals surface area contributed by atoms with Crippen molar-refractivity contribution in [3.63, 3.8) is 0 Å². The first-order valence-electron chi connectivity index (χ1n) is 8.39. The molecule has 1 saturated heterocycles. The van der Waals surface area contributed by atoms with Crippen LogP contribution in [-0.2, 0) is 7.05 Å². The highest BCUT2D eigenvalue weighted by atomic mass is 32.1. The molecule has 1 aliphatic heterocycles. The summed E-state index contributed by atoms with van der Waals surface area (Å²) >= 11 is 5.75. The van der Waals surface area contributed by atoms with Gasteiger partial charge in [0.1, 0.15) is 0 Å². The number of nitrogens with one attached hydrogen (secondary N) is 1. The lowest BCUT2D eigenvalue weighted by molar-refractivity contribution is 0.314. The summed E-state index contributed by atoms with van der Waals surface area (Å²) in [6.45, 7) is 3.36. The van der Waals surface area contributed by atoms with E-state index in [-0.39, 0.29) is 0 Å². The Morgan fingerprint density at radius 3 is 2.57 bits per heavy atom. The van der Waals surface area contributed by atoms with E-state index in [1.807, 2.05) is 18.2 Å². The molecule has 0 unspecified atom stereocenters. The van der Waals surface area contributed by atoms with Crippen LogP contribution in [0.15, 0.2) is 48.7 Å². The zero-order valence-electron chi connectivity index (χ0n) is 13.9. The summed E-state index contributed by atoms with van der Waals surface area (Å²) in [6.07, 6.45) is 5.71. The van der Waals surface area contributed by atoms with Gasteiger partial charge in [0.05, 0.1) is 6.04 Å². The van der Waals surface area contributed by atoms with E-state index in [9.17, 15) is 0 Å². The van der Waals surface area contributed by atoms with Crippen LogP contribution in [0.25, 0.3) is 0 Å². The van der Waals surface area contributed by atoms with Gasteiger partial charge in [0, 0.05) is 31.2 Å². The molecule has 0 spiro atoms. The minimum Gasteiger partial charge on any atom is -0.353 e. The number of rotatable bonds is 2. The first-order valence-corrected chi connectivity index (χ1v) is 8.80. The van der Waals surface area contributed by atoms with Crippen molar-refractivity contribution in [1.82, 2.24) is 9.47 Å². The van der Waals surface area contributed by atoms with Gasteiger partial charge in [-0.2, -0.15) is 0 Å². The van der Waals surface area contributed by atoms with Crippen molar-refractivity contribution in [3.05, 3.63) is 54.4 Å². The predicted octanol–water partition coefficient (Wildman–Crippen LogP) is 4.59. The smallest absolute Gasteiger partial charge is 0.173 e. The van der Waals surface area contributed by atoms with Crippen LogP contribution >= 0.6 is 12.2 Å². The van der Waals surface area contributed by atoms with Gasteiger partial charge < -0.3 is 14.8 Å². The first-order chi connectivity index (χ1) is 11.1. The van der Waals surface area contributed by atoms with Gasteiger partial charge in [0.15, 0.2) is 5.11 Å². The molecule has 3 nitrogen and oxygen atoms in total.